The van der Waals surface area contributed by atoms with Crippen LogP contribution in [0.15, 0.2) is 48.5 Å². The van der Waals surface area contributed by atoms with Crippen molar-refractivity contribution in [2.75, 3.05) is 26.8 Å². The first kappa shape index (κ1) is 36.8. The van der Waals surface area contributed by atoms with Crippen LogP contribution < -0.4 is 15.8 Å². The van der Waals surface area contributed by atoms with Crippen molar-refractivity contribution in [3.05, 3.63) is 70.2 Å². The summed E-state index contributed by atoms with van der Waals surface area (Å²) < 4.78 is 34.7. The van der Waals surface area contributed by atoms with Crippen molar-refractivity contribution >= 4 is 39.3 Å². The van der Waals surface area contributed by atoms with Crippen molar-refractivity contribution < 1.29 is 27.5 Å². The third-order valence-electron chi connectivity index (χ3n) is 9.46. The largest absolute Gasteiger partial charge is 0.381 e. The Hall–Kier alpha value is -3.03. The minimum atomic E-state index is -3.80. The fourth-order valence-electron chi connectivity index (χ4n) is 6.62. The van der Waals surface area contributed by atoms with E-state index >= 15 is 0 Å². The van der Waals surface area contributed by atoms with Gasteiger partial charge in [-0.25, -0.2) is 13.1 Å². The molecule has 13 heteroatoms. The van der Waals surface area contributed by atoms with Gasteiger partial charge in [-0.3, -0.25) is 14.4 Å². The Kier molecular flexibility index (Phi) is 13.2. The molecule has 4 atom stereocenters. The van der Waals surface area contributed by atoms with Gasteiger partial charge in [-0.15, -0.1) is 0 Å². The van der Waals surface area contributed by atoms with Crippen LogP contribution in [0.4, 0.5) is 0 Å². The topological polar surface area (TPSA) is 151 Å². The first-order valence-corrected chi connectivity index (χ1v) is 18.4. The Balaban J connectivity index is 1.50. The van der Waals surface area contributed by atoms with Crippen molar-refractivity contribution in [1.29, 1.82) is 0 Å². The molecule has 0 aromatic heterocycles. The minimum absolute atomic E-state index is 0.0129. The van der Waals surface area contributed by atoms with Crippen LogP contribution in [-0.4, -0.2) is 80.9 Å². The zero-order valence-corrected chi connectivity index (χ0v) is 29.1. The number of carbonyl (C=O) groups excluding carboxylic acids is 3. The van der Waals surface area contributed by atoms with Crippen LogP contribution in [-0.2, 0) is 48.0 Å². The zero-order chi connectivity index (χ0) is 34.1. The van der Waals surface area contributed by atoms with Crippen LogP contribution in [0, 0.1) is 11.8 Å². The Morgan fingerprint density at radius 3 is 2.45 bits per heavy atom. The second-order valence-electron chi connectivity index (χ2n) is 12.7. The summed E-state index contributed by atoms with van der Waals surface area (Å²) >= 11 is 6.17. The number of nitrogens with one attached hydrogen (secondary N) is 2. The fourth-order valence-corrected chi connectivity index (χ4v) is 8.27. The first-order valence-electron chi connectivity index (χ1n) is 16.3. The molecule has 4 rings (SSSR count). The molecular formula is C34H48ClN5O6S. The summed E-state index contributed by atoms with van der Waals surface area (Å²) in [6.07, 6.45) is 2.55. The molecule has 2 aromatic rings. The van der Waals surface area contributed by atoms with Crippen LogP contribution in [0.3, 0.4) is 0 Å². The molecule has 4 N–H and O–H groups in total. The van der Waals surface area contributed by atoms with E-state index in [1.807, 2.05) is 12.1 Å². The number of halogens is 1. The summed E-state index contributed by atoms with van der Waals surface area (Å²) in [5.41, 5.74) is 8.17. The maximum atomic E-state index is 14.1. The molecule has 2 saturated heterocycles. The van der Waals surface area contributed by atoms with Gasteiger partial charge < -0.3 is 25.6 Å². The van der Waals surface area contributed by atoms with Crippen molar-refractivity contribution in [3.8, 4) is 0 Å². The van der Waals surface area contributed by atoms with E-state index in [0.717, 1.165) is 11.1 Å². The van der Waals surface area contributed by atoms with Gasteiger partial charge in [0.25, 0.3) is 0 Å². The Bertz CT molecular complexity index is 1490. The Morgan fingerprint density at radius 1 is 1.06 bits per heavy atom. The second kappa shape index (κ2) is 16.9. The molecule has 47 heavy (non-hydrogen) atoms. The van der Waals surface area contributed by atoms with E-state index < -0.39 is 33.9 Å². The third kappa shape index (κ3) is 9.99. The summed E-state index contributed by atoms with van der Waals surface area (Å²) in [6.45, 7) is 5.47. The highest BCUT2D eigenvalue weighted by molar-refractivity contribution is 7.88. The third-order valence-corrected chi connectivity index (χ3v) is 11.1. The number of rotatable bonds is 14. The van der Waals surface area contributed by atoms with Gasteiger partial charge in [-0.05, 0) is 67.3 Å². The summed E-state index contributed by atoms with van der Waals surface area (Å²) in [4.78, 5) is 44.5. The Morgan fingerprint density at radius 2 is 1.77 bits per heavy atom. The molecule has 4 unspecified atom stereocenters. The molecule has 11 nitrogen and oxygen atoms in total. The monoisotopic (exact) mass is 689 g/mol. The maximum absolute atomic E-state index is 14.1. The lowest BCUT2D eigenvalue weighted by molar-refractivity contribution is -0.144. The van der Waals surface area contributed by atoms with E-state index in [4.69, 9.17) is 22.1 Å². The molecule has 2 fully saturated rings. The smallest absolute Gasteiger partial charge is 0.243 e. The molecule has 2 aromatic carbocycles. The summed E-state index contributed by atoms with van der Waals surface area (Å²) in [5.74, 6) is -2.37. The van der Waals surface area contributed by atoms with Gasteiger partial charge in [0.1, 0.15) is 6.04 Å². The van der Waals surface area contributed by atoms with E-state index in [1.54, 1.807) is 67.1 Å². The summed E-state index contributed by atoms with van der Waals surface area (Å²) in [6, 6.07) is 12.8. The highest BCUT2D eigenvalue weighted by atomic mass is 35.5. The molecule has 0 bridgehead atoms. The van der Waals surface area contributed by atoms with E-state index in [1.165, 1.54) is 0 Å². The van der Waals surface area contributed by atoms with Crippen molar-refractivity contribution in [3.63, 3.8) is 0 Å². The number of nitrogens with zero attached hydrogens (tertiary/aromatic N) is 2. The molecule has 0 saturated carbocycles. The minimum Gasteiger partial charge on any atom is -0.381 e. The standard InChI is InChI=1S/C34H48ClN5O6S/c1-23(34(43)40-15-7-10-31(40)33(42)37-21-27-18-28(35)12-11-26(27)20-36)30(19-32(41)39(3)29-13-16-46-17-14-29)24(2)38-47(44,45)22-25-8-5-4-6-9-25/h4-6,8-9,11-12,18,23-24,29-31,38H,7,10,13-17,19-22,36H2,1-3H3,(H,37,42). The average Bonchev–Trinajstić information content (AvgIpc) is 3.55. The highest BCUT2D eigenvalue weighted by Crippen LogP contribution is 2.29. The van der Waals surface area contributed by atoms with Gasteiger partial charge in [0.15, 0.2) is 0 Å². The van der Waals surface area contributed by atoms with Gasteiger partial charge >= 0.3 is 0 Å². The summed E-state index contributed by atoms with van der Waals surface area (Å²) in [5, 5.41) is 3.48. The Labute approximate surface area is 283 Å². The molecular weight excluding hydrogens is 642 g/mol. The highest BCUT2D eigenvalue weighted by Gasteiger charge is 2.41. The quantitative estimate of drug-likeness (QED) is 0.276. The maximum Gasteiger partial charge on any atom is 0.243 e. The predicted molar refractivity (Wildman–Crippen MR) is 181 cm³/mol. The molecule has 0 radical (unpaired) electrons. The molecule has 2 aliphatic heterocycles. The number of likely N-dealkylation sites (tertiary alicyclic amines) is 1. The van der Waals surface area contributed by atoms with E-state index in [0.29, 0.717) is 62.6 Å². The lowest BCUT2D eigenvalue weighted by atomic mass is 9.83. The summed E-state index contributed by atoms with van der Waals surface area (Å²) in [7, 11) is -2.05. The lowest BCUT2D eigenvalue weighted by Gasteiger charge is -2.36. The fraction of sp³-hybridized carbons (Fsp3) is 0.559. The van der Waals surface area contributed by atoms with E-state index in [-0.39, 0.29) is 42.5 Å². The van der Waals surface area contributed by atoms with Gasteiger partial charge in [-0.2, -0.15) is 0 Å². The normalized spacial score (nSPS) is 19.2. The number of benzene rings is 2. The molecule has 2 aliphatic rings. The molecule has 0 aliphatic carbocycles. The van der Waals surface area contributed by atoms with Gasteiger partial charge in [0.2, 0.25) is 27.7 Å². The number of amides is 3. The predicted octanol–water partition coefficient (Wildman–Crippen LogP) is 3.19. The number of hydrogen-bond acceptors (Lipinski definition) is 7. The van der Waals surface area contributed by atoms with Crippen LogP contribution in [0.1, 0.15) is 62.6 Å². The van der Waals surface area contributed by atoms with Crippen LogP contribution in [0.5, 0.6) is 0 Å². The van der Waals surface area contributed by atoms with Gasteiger partial charge in [0.05, 0.1) is 5.75 Å². The van der Waals surface area contributed by atoms with Crippen molar-refractivity contribution in [2.45, 2.75) is 82.9 Å². The van der Waals surface area contributed by atoms with Crippen molar-refractivity contribution in [2.24, 2.45) is 17.6 Å². The number of nitrogens with two attached hydrogens (primary N) is 1. The number of ether oxygens (including phenoxy) is 1. The van der Waals surface area contributed by atoms with Crippen LogP contribution in [0.25, 0.3) is 0 Å². The SMILES string of the molecule is CC(NS(=O)(=O)Cc1ccccc1)C(CC(=O)N(C)C1CCOCC1)C(C)C(=O)N1CCCC1C(=O)NCc1cc(Cl)ccc1CN. The van der Waals surface area contributed by atoms with Crippen LogP contribution in [0.2, 0.25) is 5.02 Å². The second-order valence-corrected chi connectivity index (χ2v) is 14.9. The number of carbonyl (C=O) groups is 3. The average molecular weight is 690 g/mol. The number of sulfonamides is 1. The van der Waals surface area contributed by atoms with Crippen LogP contribution >= 0.6 is 11.6 Å². The van der Waals surface area contributed by atoms with E-state index in [9.17, 15) is 22.8 Å². The van der Waals surface area contributed by atoms with Gasteiger partial charge in [-0.1, -0.05) is 54.9 Å². The van der Waals surface area contributed by atoms with Crippen molar-refractivity contribution in [1.82, 2.24) is 19.8 Å². The number of hydrogen-bond donors (Lipinski definition) is 3. The van der Waals surface area contributed by atoms with Gasteiger partial charge in [0, 0.05) is 69.3 Å². The van der Waals surface area contributed by atoms with E-state index in [2.05, 4.69) is 10.0 Å². The molecule has 258 valence electrons. The lowest BCUT2D eigenvalue weighted by Crippen LogP contribution is -2.51. The molecule has 2 heterocycles. The molecule has 3 amide bonds. The zero-order valence-electron chi connectivity index (χ0n) is 27.5. The molecule has 0 spiro atoms. The first-order chi connectivity index (χ1) is 22.4.